The molecule has 0 N–H and O–H groups in total. The van der Waals surface area contributed by atoms with Crippen molar-refractivity contribution in [2.75, 3.05) is 18.0 Å². The lowest BCUT2D eigenvalue weighted by atomic mass is 9.96. The van der Waals surface area contributed by atoms with Crippen LogP contribution in [0.1, 0.15) is 55.7 Å². The molecule has 0 bridgehead atoms. The van der Waals surface area contributed by atoms with Crippen LogP contribution in [0, 0.1) is 13.8 Å². The van der Waals surface area contributed by atoms with E-state index >= 15 is 0 Å². The van der Waals surface area contributed by atoms with Crippen LogP contribution in [-0.2, 0) is 0 Å². The second-order valence-electron chi connectivity index (χ2n) is 6.39. The Labute approximate surface area is 131 Å². The molecule has 0 aliphatic carbocycles. The Morgan fingerprint density at radius 2 is 1.91 bits per heavy atom. The molecular weight excluding hydrogens is 276 g/mol. The average Bonchev–Trinajstić information content (AvgIpc) is 3.00. The van der Waals surface area contributed by atoms with Crippen molar-refractivity contribution in [2.24, 2.45) is 0 Å². The van der Waals surface area contributed by atoms with E-state index in [-0.39, 0.29) is 0 Å². The van der Waals surface area contributed by atoms with E-state index in [1.54, 1.807) is 0 Å². The zero-order chi connectivity index (χ0) is 15.7. The Bertz CT molecular complexity index is 640. The molecule has 0 unspecified atom stereocenters. The lowest BCUT2D eigenvalue weighted by molar-refractivity contribution is 0.446. The molecule has 0 atom stereocenters. The fraction of sp³-hybridized carbons (Fsp3) is 0.625. The molecule has 6 nitrogen and oxygen atoms in total. The molecule has 2 aromatic rings. The topological polar surface area (TPSA) is 59.7 Å². The van der Waals surface area contributed by atoms with Crippen LogP contribution < -0.4 is 4.90 Å². The second kappa shape index (κ2) is 6.02. The fourth-order valence-corrected chi connectivity index (χ4v) is 2.95. The van der Waals surface area contributed by atoms with Crippen molar-refractivity contribution in [1.29, 1.82) is 0 Å². The first kappa shape index (κ1) is 14.9. The monoisotopic (exact) mass is 300 g/mol. The van der Waals surface area contributed by atoms with E-state index in [0.717, 1.165) is 49.0 Å². The SMILES string of the molecule is Cc1cnc(N2CCC(c3nncn3C(C)C)CC2)nc1C. The van der Waals surface area contributed by atoms with Crippen LogP contribution in [0.4, 0.5) is 5.95 Å². The number of rotatable bonds is 3. The third-order valence-corrected chi connectivity index (χ3v) is 4.51. The Morgan fingerprint density at radius 1 is 1.18 bits per heavy atom. The minimum absolute atomic E-state index is 0.408. The molecule has 1 fully saturated rings. The number of hydrogen-bond donors (Lipinski definition) is 0. The summed E-state index contributed by atoms with van der Waals surface area (Å²) in [6, 6.07) is 0.408. The largest absolute Gasteiger partial charge is 0.341 e. The summed E-state index contributed by atoms with van der Waals surface area (Å²) in [5.74, 6) is 2.45. The first-order valence-corrected chi connectivity index (χ1v) is 8.01. The van der Waals surface area contributed by atoms with E-state index in [1.165, 1.54) is 0 Å². The number of piperidine rings is 1. The van der Waals surface area contributed by atoms with Crippen molar-refractivity contribution < 1.29 is 0 Å². The standard InChI is InChI=1S/C16H24N6/c1-11(2)22-10-18-20-15(22)14-5-7-21(8-6-14)16-17-9-12(3)13(4)19-16/h9-11,14H,5-8H2,1-4H3. The van der Waals surface area contributed by atoms with Crippen LogP contribution in [0.2, 0.25) is 0 Å². The normalized spacial score (nSPS) is 16.5. The molecule has 118 valence electrons. The van der Waals surface area contributed by atoms with Gasteiger partial charge in [-0.25, -0.2) is 9.97 Å². The van der Waals surface area contributed by atoms with Gasteiger partial charge in [0, 0.05) is 36.9 Å². The predicted molar refractivity (Wildman–Crippen MR) is 86.1 cm³/mol. The number of aromatic nitrogens is 5. The highest BCUT2D eigenvalue weighted by molar-refractivity contribution is 5.33. The zero-order valence-corrected chi connectivity index (χ0v) is 13.8. The van der Waals surface area contributed by atoms with Crippen molar-refractivity contribution in [3.8, 4) is 0 Å². The van der Waals surface area contributed by atoms with Gasteiger partial charge in [0.25, 0.3) is 0 Å². The lowest BCUT2D eigenvalue weighted by Crippen LogP contribution is -2.35. The van der Waals surface area contributed by atoms with E-state index in [4.69, 9.17) is 0 Å². The molecule has 1 saturated heterocycles. The van der Waals surface area contributed by atoms with Gasteiger partial charge in [0.15, 0.2) is 0 Å². The summed E-state index contributed by atoms with van der Waals surface area (Å²) < 4.78 is 2.19. The molecule has 0 aromatic carbocycles. The number of anilines is 1. The van der Waals surface area contributed by atoms with Crippen LogP contribution in [0.15, 0.2) is 12.5 Å². The highest BCUT2D eigenvalue weighted by atomic mass is 15.3. The van der Waals surface area contributed by atoms with Gasteiger partial charge in [0.1, 0.15) is 12.2 Å². The van der Waals surface area contributed by atoms with Crippen molar-refractivity contribution >= 4 is 5.95 Å². The molecule has 0 spiro atoms. The van der Waals surface area contributed by atoms with E-state index < -0.39 is 0 Å². The smallest absolute Gasteiger partial charge is 0.225 e. The molecular formula is C16H24N6. The molecule has 3 rings (SSSR count). The maximum atomic E-state index is 4.61. The lowest BCUT2D eigenvalue weighted by Gasteiger charge is -2.32. The Balaban J connectivity index is 1.69. The minimum Gasteiger partial charge on any atom is -0.341 e. The van der Waals surface area contributed by atoms with Crippen molar-refractivity contribution in [3.63, 3.8) is 0 Å². The number of nitrogens with zero attached hydrogens (tertiary/aromatic N) is 6. The summed E-state index contributed by atoms with van der Waals surface area (Å²) in [7, 11) is 0. The quantitative estimate of drug-likeness (QED) is 0.872. The van der Waals surface area contributed by atoms with Crippen molar-refractivity contribution in [1.82, 2.24) is 24.7 Å². The van der Waals surface area contributed by atoms with E-state index in [2.05, 4.69) is 43.5 Å². The summed E-state index contributed by atoms with van der Waals surface area (Å²) in [6.45, 7) is 10.4. The Kier molecular flexibility index (Phi) is 4.09. The summed E-state index contributed by atoms with van der Waals surface area (Å²) in [5, 5.41) is 8.44. The summed E-state index contributed by atoms with van der Waals surface area (Å²) in [4.78, 5) is 11.4. The Morgan fingerprint density at radius 3 is 2.55 bits per heavy atom. The van der Waals surface area contributed by atoms with E-state index in [1.807, 2.05) is 26.4 Å². The maximum absolute atomic E-state index is 4.61. The van der Waals surface area contributed by atoms with Crippen LogP contribution in [0.5, 0.6) is 0 Å². The predicted octanol–water partition coefficient (Wildman–Crippen LogP) is 2.65. The highest BCUT2D eigenvalue weighted by Crippen LogP contribution is 2.29. The first-order chi connectivity index (χ1) is 10.6. The van der Waals surface area contributed by atoms with Gasteiger partial charge in [-0.1, -0.05) is 0 Å². The van der Waals surface area contributed by atoms with Gasteiger partial charge >= 0.3 is 0 Å². The van der Waals surface area contributed by atoms with Gasteiger partial charge in [0.05, 0.1) is 0 Å². The first-order valence-electron chi connectivity index (χ1n) is 8.01. The highest BCUT2D eigenvalue weighted by Gasteiger charge is 2.26. The Hall–Kier alpha value is -1.98. The van der Waals surface area contributed by atoms with Crippen molar-refractivity contribution in [3.05, 3.63) is 29.6 Å². The molecule has 2 aromatic heterocycles. The van der Waals surface area contributed by atoms with Gasteiger partial charge in [-0.2, -0.15) is 0 Å². The van der Waals surface area contributed by atoms with Crippen LogP contribution in [0.3, 0.4) is 0 Å². The molecule has 3 heterocycles. The van der Waals surface area contributed by atoms with Crippen LogP contribution in [-0.4, -0.2) is 37.8 Å². The number of hydrogen-bond acceptors (Lipinski definition) is 5. The van der Waals surface area contributed by atoms with E-state index in [0.29, 0.717) is 12.0 Å². The molecule has 1 aliphatic heterocycles. The molecule has 22 heavy (non-hydrogen) atoms. The molecule has 0 amide bonds. The number of aryl methyl sites for hydroxylation is 2. The molecule has 1 aliphatic rings. The van der Waals surface area contributed by atoms with Gasteiger partial charge in [0.2, 0.25) is 5.95 Å². The van der Waals surface area contributed by atoms with Crippen molar-refractivity contribution in [2.45, 2.75) is 52.5 Å². The zero-order valence-electron chi connectivity index (χ0n) is 13.8. The maximum Gasteiger partial charge on any atom is 0.225 e. The summed E-state index contributed by atoms with van der Waals surface area (Å²) in [5.41, 5.74) is 2.20. The minimum atomic E-state index is 0.408. The summed E-state index contributed by atoms with van der Waals surface area (Å²) in [6.07, 6.45) is 5.90. The van der Waals surface area contributed by atoms with E-state index in [9.17, 15) is 0 Å². The van der Waals surface area contributed by atoms with Crippen LogP contribution in [0.25, 0.3) is 0 Å². The third kappa shape index (κ3) is 2.82. The van der Waals surface area contributed by atoms with Gasteiger partial charge in [-0.15, -0.1) is 10.2 Å². The molecule has 6 heteroatoms. The molecule has 0 radical (unpaired) electrons. The van der Waals surface area contributed by atoms with Gasteiger partial charge in [-0.05, 0) is 46.1 Å². The van der Waals surface area contributed by atoms with Crippen LogP contribution >= 0.6 is 0 Å². The summed E-state index contributed by atoms with van der Waals surface area (Å²) >= 11 is 0. The third-order valence-electron chi connectivity index (χ3n) is 4.51. The molecule has 0 saturated carbocycles. The van der Waals surface area contributed by atoms with Gasteiger partial charge in [-0.3, -0.25) is 0 Å². The van der Waals surface area contributed by atoms with Gasteiger partial charge < -0.3 is 9.47 Å². The fourth-order valence-electron chi connectivity index (χ4n) is 2.95. The second-order valence-corrected chi connectivity index (χ2v) is 6.39. The average molecular weight is 300 g/mol.